The minimum absolute atomic E-state index is 0.725. The Bertz CT molecular complexity index is 69.5. The summed E-state index contributed by atoms with van der Waals surface area (Å²) in [4.78, 5) is 1.78. The van der Waals surface area contributed by atoms with Crippen molar-refractivity contribution in [3.63, 3.8) is 0 Å². The molecule has 2 nitrogen and oxygen atoms in total. The molecule has 0 aromatic heterocycles. The highest BCUT2D eigenvalue weighted by molar-refractivity contribution is 6.50. The summed E-state index contributed by atoms with van der Waals surface area (Å²) in [5.74, 6) is 0. The van der Waals surface area contributed by atoms with Gasteiger partial charge in [0.1, 0.15) is 0 Å². The molecule has 0 amide bonds. The second-order valence-electron chi connectivity index (χ2n) is 1.51. The van der Waals surface area contributed by atoms with E-state index in [-0.39, 0.29) is 0 Å². The van der Waals surface area contributed by atoms with Crippen LogP contribution in [0.4, 0.5) is 0 Å². The van der Waals surface area contributed by atoms with Crippen molar-refractivity contribution in [2.75, 3.05) is 13.2 Å². The summed E-state index contributed by atoms with van der Waals surface area (Å²) >= 11 is -1.45. The maximum atomic E-state index is 5.23. The van der Waals surface area contributed by atoms with Crippen molar-refractivity contribution in [2.45, 2.75) is 13.8 Å². The van der Waals surface area contributed by atoms with Gasteiger partial charge in [-0.05, 0) is 13.8 Å². The van der Waals surface area contributed by atoms with E-state index in [1.165, 1.54) is 0 Å². The summed E-state index contributed by atoms with van der Waals surface area (Å²) in [5, 5.41) is 0. The van der Waals surface area contributed by atoms with Crippen LogP contribution in [-0.4, -0.2) is 28.0 Å². The van der Waals surface area contributed by atoms with Crippen molar-refractivity contribution >= 4 is 14.8 Å². The zero-order valence-corrected chi connectivity index (χ0v) is 7.25. The van der Waals surface area contributed by atoms with Crippen molar-refractivity contribution in [1.29, 1.82) is 0 Å². The Hall–Kier alpha value is 0.192. The molecule has 0 spiro atoms. The summed E-state index contributed by atoms with van der Waals surface area (Å²) in [6.07, 6.45) is 0. The molecule has 0 bridgehead atoms. The normalized spacial score (nSPS) is 9.11. The molecule has 52 valence electrons. The maximum Gasteiger partial charge on any atom is 0.709 e. The molecule has 0 saturated heterocycles. The van der Waals surface area contributed by atoms with E-state index in [2.05, 4.69) is 6.58 Å². The summed E-state index contributed by atoms with van der Waals surface area (Å²) in [6, 6.07) is 0. The average Bonchev–Trinajstić information content (AvgIpc) is 1.88. The monoisotopic (exact) mass is 144 g/mol. The van der Waals surface area contributed by atoms with E-state index in [0.717, 1.165) is 13.2 Å². The Morgan fingerprint density at radius 3 is 2.00 bits per heavy atom. The average molecular weight is 144 g/mol. The van der Waals surface area contributed by atoms with Crippen LogP contribution in [-0.2, 0) is 7.58 Å². The summed E-state index contributed by atoms with van der Waals surface area (Å²) < 4.78 is 10.5. The highest BCUT2D eigenvalue weighted by Gasteiger charge is 2.17. The van der Waals surface area contributed by atoms with Gasteiger partial charge in [-0.1, -0.05) is 4.94 Å². The van der Waals surface area contributed by atoms with Gasteiger partial charge in [-0.2, -0.15) is 0 Å². The Kier molecular flexibility index (Phi) is 6.45. The summed E-state index contributed by atoms with van der Waals surface area (Å²) in [6.45, 7) is 8.98. The van der Waals surface area contributed by atoms with Gasteiger partial charge in [0, 0.05) is 13.2 Å². The van der Waals surface area contributed by atoms with E-state index in [1.54, 1.807) is 4.94 Å². The molecule has 0 aromatic rings. The van der Waals surface area contributed by atoms with Crippen LogP contribution in [0.3, 0.4) is 0 Å². The molecule has 0 saturated carbocycles. The maximum absolute atomic E-state index is 5.23. The molecular formula is C6H13AlO2. The van der Waals surface area contributed by atoms with Crippen LogP contribution < -0.4 is 0 Å². The largest absolute Gasteiger partial charge is 0.709 e. The van der Waals surface area contributed by atoms with Gasteiger partial charge in [-0.3, -0.25) is 0 Å². The zero-order valence-electron chi connectivity index (χ0n) is 6.09. The van der Waals surface area contributed by atoms with E-state index in [4.69, 9.17) is 7.58 Å². The van der Waals surface area contributed by atoms with E-state index < -0.39 is 14.8 Å². The molecule has 0 heterocycles. The van der Waals surface area contributed by atoms with Crippen LogP contribution in [0, 0.1) is 0 Å². The highest BCUT2D eigenvalue weighted by atomic mass is 27.2. The first-order valence-corrected chi connectivity index (χ1v) is 4.81. The van der Waals surface area contributed by atoms with Gasteiger partial charge in [0.25, 0.3) is 0 Å². The smallest absolute Gasteiger partial charge is 0.475 e. The third-order valence-electron chi connectivity index (χ3n) is 0.854. The van der Waals surface area contributed by atoms with Crippen LogP contribution in [0.25, 0.3) is 0 Å². The van der Waals surface area contributed by atoms with Crippen molar-refractivity contribution in [2.24, 2.45) is 0 Å². The first-order valence-electron chi connectivity index (χ1n) is 3.20. The topological polar surface area (TPSA) is 18.5 Å². The first kappa shape index (κ1) is 9.19. The molecule has 0 aliphatic carbocycles. The third kappa shape index (κ3) is 4.68. The number of rotatable bonds is 5. The van der Waals surface area contributed by atoms with Gasteiger partial charge in [0.15, 0.2) is 0 Å². The lowest BCUT2D eigenvalue weighted by Crippen LogP contribution is -2.19. The molecule has 0 fully saturated rings. The molecule has 0 N–H and O–H groups in total. The van der Waals surface area contributed by atoms with Gasteiger partial charge in [-0.25, -0.2) is 0 Å². The lowest BCUT2D eigenvalue weighted by molar-refractivity contribution is 0.224. The Morgan fingerprint density at radius 2 is 1.78 bits per heavy atom. The van der Waals surface area contributed by atoms with Crippen molar-refractivity contribution in [1.82, 2.24) is 0 Å². The van der Waals surface area contributed by atoms with Gasteiger partial charge < -0.3 is 7.58 Å². The molecule has 0 aromatic carbocycles. The van der Waals surface area contributed by atoms with E-state index in [9.17, 15) is 0 Å². The predicted molar refractivity (Wildman–Crippen MR) is 39.2 cm³/mol. The quantitative estimate of drug-likeness (QED) is 0.541. The molecule has 0 unspecified atom stereocenters. The number of hydrogen-bond donors (Lipinski definition) is 0. The Labute approximate surface area is 61.5 Å². The minimum atomic E-state index is -1.45. The molecular weight excluding hydrogens is 131 g/mol. The molecule has 0 aliphatic rings. The zero-order chi connectivity index (χ0) is 7.11. The Morgan fingerprint density at radius 1 is 1.33 bits per heavy atom. The first-order chi connectivity index (χ1) is 4.35. The minimum Gasteiger partial charge on any atom is -0.475 e. The van der Waals surface area contributed by atoms with Gasteiger partial charge >= 0.3 is 14.8 Å². The van der Waals surface area contributed by atoms with E-state index in [0.29, 0.717) is 0 Å². The van der Waals surface area contributed by atoms with Crippen LogP contribution >= 0.6 is 0 Å². The summed E-state index contributed by atoms with van der Waals surface area (Å²) in [7, 11) is 0. The second-order valence-corrected chi connectivity index (χ2v) is 3.39. The van der Waals surface area contributed by atoms with Gasteiger partial charge in [0.05, 0.1) is 0 Å². The third-order valence-corrected chi connectivity index (χ3v) is 2.56. The van der Waals surface area contributed by atoms with Crippen LogP contribution in [0.15, 0.2) is 11.5 Å². The van der Waals surface area contributed by atoms with Crippen LogP contribution in [0.2, 0.25) is 0 Å². The molecule has 0 atom stereocenters. The SMILES string of the molecule is C=[CH][Al]([O]CC)[O]CC. The van der Waals surface area contributed by atoms with Gasteiger partial charge in [0.2, 0.25) is 0 Å². The molecule has 9 heavy (non-hydrogen) atoms. The highest BCUT2D eigenvalue weighted by Crippen LogP contribution is 1.88. The lowest BCUT2D eigenvalue weighted by Gasteiger charge is -2.04. The van der Waals surface area contributed by atoms with Crippen molar-refractivity contribution in [3.8, 4) is 0 Å². The van der Waals surface area contributed by atoms with Crippen LogP contribution in [0.1, 0.15) is 13.8 Å². The fraction of sp³-hybridized carbons (Fsp3) is 0.667. The van der Waals surface area contributed by atoms with E-state index in [1.807, 2.05) is 13.8 Å². The number of hydrogen-bond acceptors (Lipinski definition) is 2. The van der Waals surface area contributed by atoms with Crippen molar-refractivity contribution in [3.05, 3.63) is 11.5 Å². The lowest BCUT2D eigenvalue weighted by atomic mass is 10.9. The summed E-state index contributed by atoms with van der Waals surface area (Å²) in [5.41, 5.74) is 0. The van der Waals surface area contributed by atoms with Crippen LogP contribution in [0.5, 0.6) is 0 Å². The van der Waals surface area contributed by atoms with E-state index >= 15 is 0 Å². The molecule has 0 rings (SSSR count). The fourth-order valence-corrected chi connectivity index (χ4v) is 1.54. The fourth-order valence-electron chi connectivity index (χ4n) is 0.513. The van der Waals surface area contributed by atoms with Crippen molar-refractivity contribution < 1.29 is 7.58 Å². The van der Waals surface area contributed by atoms with Gasteiger partial charge in [-0.15, -0.1) is 6.58 Å². The molecule has 3 heteroatoms. The standard InChI is InChI=1S/2C2H5O.C2H3.Al/c2*1-2-3;1-2;/h2*2H2,1H3;1H,2H2;/q2*-1;;+2. The molecule has 0 radical (unpaired) electrons. The Balaban J connectivity index is 3.29. The molecule has 0 aliphatic heterocycles. The second kappa shape index (κ2) is 6.31. The predicted octanol–water partition coefficient (Wildman–Crippen LogP) is 1.27.